The molecule has 1 rings (SSSR count). The van der Waals surface area contributed by atoms with E-state index in [0.29, 0.717) is 6.54 Å². The Bertz CT molecular complexity index is 407. The first-order chi connectivity index (χ1) is 7.91. The van der Waals surface area contributed by atoms with Crippen LogP contribution >= 0.6 is 31.9 Å². The lowest BCUT2D eigenvalue weighted by Crippen LogP contribution is -2.44. The van der Waals surface area contributed by atoms with Crippen molar-refractivity contribution >= 4 is 37.8 Å². The number of carbonyl (C=O) groups excluding carboxylic acids is 1. The number of rotatable bonds is 5. The van der Waals surface area contributed by atoms with Gasteiger partial charge in [0.2, 0.25) is 5.91 Å². The molecule has 0 aromatic heterocycles. The molecule has 1 atom stereocenters. The van der Waals surface area contributed by atoms with E-state index in [4.69, 9.17) is 5.73 Å². The Kier molecular flexibility index (Phi) is 5.62. The first kappa shape index (κ1) is 14.7. The van der Waals surface area contributed by atoms with Crippen LogP contribution in [0.25, 0.3) is 0 Å². The minimum absolute atomic E-state index is 0.186. The predicted molar refractivity (Wildman–Crippen MR) is 76.5 cm³/mol. The summed E-state index contributed by atoms with van der Waals surface area (Å²) in [6, 6.07) is 5.68. The molecular weight excluding hydrogens is 348 g/mol. The lowest BCUT2D eigenvalue weighted by Gasteiger charge is -2.19. The highest BCUT2D eigenvalue weighted by Gasteiger charge is 2.18. The van der Waals surface area contributed by atoms with Gasteiger partial charge in [0.05, 0.1) is 6.04 Å². The molecule has 0 saturated carbocycles. The smallest absolute Gasteiger partial charge is 0.234 e. The molecule has 3 nitrogen and oxygen atoms in total. The van der Waals surface area contributed by atoms with Crippen LogP contribution in [0.5, 0.6) is 0 Å². The van der Waals surface area contributed by atoms with Crippen LogP contribution in [-0.4, -0.2) is 11.9 Å². The van der Waals surface area contributed by atoms with Crippen molar-refractivity contribution in [2.75, 3.05) is 0 Å². The summed E-state index contributed by atoms with van der Waals surface area (Å²) < 4.78 is 2.01. The summed E-state index contributed by atoms with van der Waals surface area (Å²) in [6.45, 7) is 4.57. The van der Waals surface area contributed by atoms with Crippen molar-refractivity contribution in [1.29, 1.82) is 0 Å². The van der Waals surface area contributed by atoms with Gasteiger partial charge in [-0.25, -0.2) is 0 Å². The molecule has 0 fully saturated rings. The summed E-state index contributed by atoms with van der Waals surface area (Å²) in [5.41, 5.74) is 6.44. The molecule has 0 aliphatic heterocycles. The molecule has 1 unspecified atom stereocenters. The quantitative estimate of drug-likeness (QED) is 0.845. The predicted octanol–water partition coefficient (Wildman–Crippen LogP) is 2.81. The van der Waals surface area contributed by atoms with Crippen LogP contribution in [0.15, 0.2) is 27.1 Å². The second-order valence-electron chi connectivity index (χ2n) is 4.25. The van der Waals surface area contributed by atoms with Crippen molar-refractivity contribution < 1.29 is 4.79 Å². The summed E-state index contributed by atoms with van der Waals surface area (Å²) in [7, 11) is 0. The van der Waals surface area contributed by atoms with Crippen molar-refractivity contribution in [1.82, 2.24) is 5.32 Å². The summed E-state index contributed by atoms with van der Waals surface area (Å²) in [4.78, 5) is 11.2. The van der Waals surface area contributed by atoms with E-state index in [1.54, 1.807) is 0 Å². The van der Waals surface area contributed by atoms with Gasteiger partial charge in [0.1, 0.15) is 0 Å². The van der Waals surface area contributed by atoms with Crippen molar-refractivity contribution in [3.05, 3.63) is 32.7 Å². The van der Waals surface area contributed by atoms with E-state index in [9.17, 15) is 4.79 Å². The molecule has 0 aliphatic rings. The number of primary amides is 1. The molecular formula is C12H16Br2N2O. The maximum atomic E-state index is 11.2. The monoisotopic (exact) mass is 362 g/mol. The Hall–Kier alpha value is -0.390. The summed E-state index contributed by atoms with van der Waals surface area (Å²) in [5.74, 6) is -0.123. The molecule has 17 heavy (non-hydrogen) atoms. The maximum Gasteiger partial charge on any atom is 0.234 e. The van der Waals surface area contributed by atoms with Crippen LogP contribution in [0.1, 0.15) is 19.4 Å². The fourth-order valence-corrected chi connectivity index (χ4v) is 2.22. The normalized spacial score (nSPS) is 12.8. The molecule has 0 heterocycles. The molecule has 0 spiro atoms. The van der Waals surface area contributed by atoms with E-state index in [0.717, 1.165) is 14.5 Å². The third-order valence-corrected chi connectivity index (χ3v) is 4.36. The van der Waals surface area contributed by atoms with Gasteiger partial charge < -0.3 is 11.1 Å². The van der Waals surface area contributed by atoms with Gasteiger partial charge in [0.15, 0.2) is 0 Å². The molecule has 3 N–H and O–H groups in total. The summed E-state index contributed by atoms with van der Waals surface area (Å²) in [5, 5.41) is 3.17. The van der Waals surface area contributed by atoms with Crippen LogP contribution in [0.3, 0.4) is 0 Å². The van der Waals surface area contributed by atoms with Gasteiger partial charge in [-0.2, -0.15) is 0 Å². The Morgan fingerprint density at radius 3 is 2.47 bits per heavy atom. The standard InChI is InChI=1S/C12H16Br2N2O/c1-7(2)11(12(15)17)16-6-8-3-4-9(13)10(14)5-8/h3-5,7,11,16H,6H2,1-2H3,(H2,15,17). The van der Waals surface area contributed by atoms with Gasteiger partial charge in [-0.15, -0.1) is 0 Å². The fraction of sp³-hybridized carbons (Fsp3) is 0.417. The van der Waals surface area contributed by atoms with Crippen molar-refractivity contribution in [3.8, 4) is 0 Å². The van der Waals surface area contributed by atoms with E-state index < -0.39 is 0 Å². The largest absolute Gasteiger partial charge is 0.368 e. The third kappa shape index (κ3) is 4.41. The van der Waals surface area contributed by atoms with Crippen molar-refractivity contribution in [3.63, 3.8) is 0 Å². The van der Waals surface area contributed by atoms with Crippen LogP contribution in [0, 0.1) is 5.92 Å². The number of nitrogens with two attached hydrogens (primary N) is 1. The zero-order valence-corrected chi connectivity index (χ0v) is 13.0. The second kappa shape index (κ2) is 6.52. The van der Waals surface area contributed by atoms with E-state index in [1.165, 1.54) is 0 Å². The number of hydrogen-bond donors (Lipinski definition) is 2. The van der Waals surface area contributed by atoms with Gasteiger partial charge >= 0.3 is 0 Å². The third-order valence-electron chi connectivity index (χ3n) is 2.48. The zero-order chi connectivity index (χ0) is 13.0. The number of nitrogens with one attached hydrogen (secondary N) is 1. The van der Waals surface area contributed by atoms with E-state index in [-0.39, 0.29) is 17.9 Å². The van der Waals surface area contributed by atoms with Crippen LogP contribution in [-0.2, 0) is 11.3 Å². The van der Waals surface area contributed by atoms with E-state index in [2.05, 4.69) is 37.2 Å². The molecule has 0 saturated heterocycles. The van der Waals surface area contributed by atoms with E-state index >= 15 is 0 Å². The molecule has 1 aromatic rings. The van der Waals surface area contributed by atoms with Gasteiger partial charge in [-0.1, -0.05) is 19.9 Å². The Balaban J connectivity index is 2.65. The lowest BCUT2D eigenvalue weighted by atomic mass is 10.0. The molecule has 0 bridgehead atoms. The van der Waals surface area contributed by atoms with Gasteiger partial charge in [0.25, 0.3) is 0 Å². The molecule has 1 aromatic carbocycles. The van der Waals surface area contributed by atoms with Crippen LogP contribution in [0.4, 0.5) is 0 Å². The summed E-state index contributed by atoms with van der Waals surface area (Å²) >= 11 is 6.86. The van der Waals surface area contributed by atoms with Crippen LogP contribution in [0.2, 0.25) is 0 Å². The first-order valence-electron chi connectivity index (χ1n) is 5.38. The number of amides is 1. The number of hydrogen-bond acceptors (Lipinski definition) is 2. The topological polar surface area (TPSA) is 55.1 Å². The van der Waals surface area contributed by atoms with E-state index in [1.807, 2.05) is 32.0 Å². The Morgan fingerprint density at radius 2 is 2.00 bits per heavy atom. The molecule has 94 valence electrons. The average molecular weight is 364 g/mol. The fourth-order valence-electron chi connectivity index (χ4n) is 1.54. The second-order valence-corrected chi connectivity index (χ2v) is 5.96. The SMILES string of the molecule is CC(C)C(NCc1ccc(Br)c(Br)c1)C(N)=O. The number of halogens is 2. The van der Waals surface area contributed by atoms with Crippen molar-refractivity contribution in [2.45, 2.75) is 26.4 Å². The highest BCUT2D eigenvalue weighted by atomic mass is 79.9. The Labute approximate surface area is 118 Å². The number of carbonyl (C=O) groups is 1. The Morgan fingerprint density at radius 1 is 1.35 bits per heavy atom. The van der Waals surface area contributed by atoms with Gasteiger partial charge in [-0.05, 0) is 55.5 Å². The highest BCUT2D eigenvalue weighted by Crippen LogP contribution is 2.23. The van der Waals surface area contributed by atoms with Gasteiger partial charge in [-0.3, -0.25) is 4.79 Å². The molecule has 0 aliphatic carbocycles. The lowest BCUT2D eigenvalue weighted by molar-refractivity contribution is -0.121. The molecule has 5 heteroatoms. The molecule has 0 radical (unpaired) electrons. The minimum Gasteiger partial charge on any atom is -0.368 e. The van der Waals surface area contributed by atoms with Crippen molar-refractivity contribution in [2.24, 2.45) is 11.7 Å². The maximum absolute atomic E-state index is 11.2. The highest BCUT2D eigenvalue weighted by molar-refractivity contribution is 9.13. The summed E-state index contributed by atoms with van der Waals surface area (Å²) in [6.07, 6.45) is 0. The van der Waals surface area contributed by atoms with Crippen LogP contribution < -0.4 is 11.1 Å². The number of benzene rings is 1. The minimum atomic E-state index is -0.309. The molecule has 1 amide bonds. The van der Waals surface area contributed by atoms with Gasteiger partial charge in [0, 0.05) is 15.5 Å². The average Bonchev–Trinajstić information content (AvgIpc) is 2.22. The first-order valence-corrected chi connectivity index (χ1v) is 6.97. The zero-order valence-electron chi connectivity index (χ0n) is 9.84.